The molecule has 0 amide bonds. The Morgan fingerprint density at radius 3 is 2.73 bits per heavy atom. The van der Waals surface area contributed by atoms with Crippen molar-refractivity contribution in [1.29, 1.82) is 5.26 Å². The van der Waals surface area contributed by atoms with E-state index in [1.54, 1.807) is 18.3 Å². The molecule has 1 aromatic heterocycles. The van der Waals surface area contributed by atoms with E-state index in [9.17, 15) is 0 Å². The number of H-pyrrole nitrogens is 1. The van der Waals surface area contributed by atoms with Gasteiger partial charge in [-0.15, -0.1) is 0 Å². The molecule has 22 heavy (non-hydrogen) atoms. The molecule has 1 aliphatic heterocycles. The zero-order valence-corrected chi connectivity index (χ0v) is 12.4. The zero-order chi connectivity index (χ0) is 15.4. The van der Waals surface area contributed by atoms with E-state index in [-0.39, 0.29) is 0 Å². The van der Waals surface area contributed by atoms with E-state index in [2.05, 4.69) is 26.2 Å². The lowest BCUT2D eigenvalue weighted by atomic mass is 10.1. The molecule has 0 bridgehead atoms. The third-order valence-corrected chi connectivity index (χ3v) is 3.69. The highest BCUT2D eigenvalue weighted by Gasteiger charge is 2.13. The van der Waals surface area contributed by atoms with Gasteiger partial charge in [-0.25, -0.2) is 4.99 Å². The van der Waals surface area contributed by atoms with Crippen molar-refractivity contribution in [1.82, 2.24) is 15.1 Å². The summed E-state index contributed by atoms with van der Waals surface area (Å²) in [5.74, 6) is 1.68. The molecule has 1 aliphatic rings. The summed E-state index contributed by atoms with van der Waals surface area (Å²) in [5.41, 5.74) is 2.56. The maximum Gasteiger partial charge on any atom is 0.157 e. The number of hydrogen-bond acceptors (Lipinski definition) is 4. The minimum atomic E-state index is 0.641. The van der Waals surface area contributed by atoms with E-state index in [1.165, 1.54) is 0 Å². The van der Waals surface area contributed by atoms with Crippen LogP contribution >= 0.6 is 0 Å². The number of hydrogen-bond donors (Lipinski definition) is 1. The summed E-state index contributed by atoms with van der Waals surface area (Å²) >= 11 is 0. The van der Waals surface area contributed by atoms with Crippen LogP contribution in [0.3, 0.4) is 0 Å². The lowest BCUT2D eigenvalue weighted by Gasteiger charge is -2.28. The van der Waals surface area contributed by atoms with Crippen molar-refractivity contribution in [3.8, 4) is 17.2 Å². The van der Waals surface area contributed by atoms with Crippen molar-refractivity contribution in [3.63, 3.8) is 0 Å². The van der Waals surface area contributed by atoms with Gasteiger partial charge in [0.25, 0.3) is 0 Å². The molecule has 3 rings (SSSR count). The smallest absolute Gasteiger partial charge is 0.157 e. The third-order valence-electron chi connectivity index (χ3n) is 3.69. The van der Waals surface area contributed by atoms with E-state index < -0.39 is 0 Å². The molecular weight excluding hydrogens is 278 g/mol. The van der Waals surface area contributed by atoms with Gasteiger partial charge in [-0.3, -0.25) is 5.10 Å². The van der Waals surface area contributed by atoms with Crippen LogP contribution in [0.5, 0.6) is 0 Å². The second-order valence-corrected chi connectivity index (χ2v) is 5.08. The third kappa shape index (κ3) is 3.00. The van der Waals surface area contributed by atoms with Gasteiger partial charge in [0.2, 0.25) is 0 Å². The van der Waals surface area contributed by atoms with Crippen molar-refractivity contribution in [2.24, 2.45) is 4.99 Å². The summed E-state index contributed by atoms with van der Waals surface area (Å²) in [4.78, 5) is 6.87. The molecule has 1 saturated heterocycles. The minimum Gasteiger partial charge on any atom is -0.378 e. The molecule has 0 radical (unpaired) electrons. The number of rotatable bonds is 2. The molecule has 6 heteroatoms. The van der Waals surface area contributed by atoms with Crippen molar-refractivity contribution in [3.05, 3.63) is 36.0 Å². The Hall–Kier alpha value is -2.65. The van der Waals surface area contributed by atoms with Crippen LogP contribution in [0.1, 0.15) is 12.5 Å². The highest BCUT2D eigenvalue weighted by atomic mass is 16.5. The molecule has 112 valence electrons. The Balaban J connectivity index is 1.86. The van der Waals surface area contributed by atoms with Crippen molar-refractivity contribution < 1.29 is 4.74 Å². The highest BCUT2D eigenvalue weighted by molar-refractivity contribution is 5.85. The van der Waals surface area contributed by atoms with Crippen LogP contribution < -0.4 is 0 Å². The van der Waals surface area contributed by atoms with Gasteiger partial charge in [0.05, 0.1) is 31.0 Å². The molecule has 0 unspecified atom stereocenters. The van der Waals surface area contributed by atoms with Crippen molar-refractivity contribution in [2.45, 2.75) is 6.92 Å². The molecule has 2 aromatic rings. The van der Waals surface area contributed by atoms with Crippen LogP contribution in [0.2, 0.25) is 0 Å². The van der Waals surface area contributed by atoms with E-state index in [1.807, 2.05) is 19.1 Å². The van der Waals surface area contributed by atoms with Gasteiger partial charge >= 0.3 is 0 Å². The summed E-state index contributed by atoms with van der Waals surface area (Å²) in [6.07, 6.45) is 1.76. The SMILES string of the molecule is CC(=Nc1[nH]ncc1-c1ccc(C#N)cc1)N1CCOCC1. The molecule has 6 nitrogen and oxygen atoms in total. The molecule has 0 spiro atoms. The maximum absolute atomic E-state index is 8.87. The topological polar surface area (TPSA) is 77.3 Å². The van der Waals surface area contributed by atoms with Crippen molar-refractivity contribution >= 4 is 11.7 Å². The van der Waals surface area contributed by atoms with Crippen LogP contribution in [-0.2, 0) is 4.74 Å². The Bertz CT molecular complexity index is 705. The van der Waals surface area contributed by atoms with Gasteiger partial charge in [0, 0.05) is 18.7 Å². The molecule has 0 saturated carbocycles. The Morgan fingerprint density at radius 2 is 2.05 bits per heavy atom. The van der Waals surface area contributed by atoms with Crippen LogP contribution in [0.15, 0.2) is 35.5 Å². The average Bonchev–Trinajstić information content (AvgIpc) is 3.04. The number of ether oxygens (including phenoxy) is 1. The lowest BCUT2D eigenvalue weighted by Crippen LogP contribution is -2.39. The van der Waals surface area contributed by atoms with Crippen molar-refractivity contribution in [2.75, 3.05) is 26.3 Å². The van der Waals surface area contributed by atoms with Gasteiger partial charge in [0.15, 0.2) is 5.82 Å². The maximum atomic E-state index is 8.87. The van der Waals surface area contributed by atoms with Gasteiger partial charge in [0.1, 0.15) is 5.84 Å². The number of nitrogens with one attached hydrogen (secondary N) is 1. The van der Waals surface area contributed by atoms with E-state index in [0.29, 0.717) is 5.56 Å². The first-order valence-corrected chi connectivity index (χ1v) is 7.20. The van der Waals surface area contributed by atoms with Gasteiger partial charge in [-0.1, -0.05) is 12.1 Å². The Labute approximate surface area is 129 Å². The largest absolute Gasteiger partial charge is 0.378 e. The second-order valence-electron chi connectivity index (χ2n) is 5.08. The molecule has 1 N–H and O–H groups in total. The molecule has 2 heterocycles. The number of aromatic nitrogens is 2. The standard InChI is InChI=1S/C16H17N5O/c1-12(21-6-8-22-9-7-21)19-16-15(11-18-20-16)14-4-2-13(10-17)3-5-14/h2-5,11H,6-9H2,1H3,(H,18,20). The van der Waals surface area contributed by atoms with E-state index in [0.717, 1.165) is 49.1 Å². The monoisotopic (exact) mass is 295 g/mol. The van der Waals surface area contributed by atoms with E-state index in [4.69, 9.17) is 10.00 Å². The normalized spacial score (nSPS) is 15.6. The van der Waals surface area contributed by atoms with Crippen LogP contribution in [0.4, 0.5) is 5.82 Å². The number of aliphatic imine (C=N–C) groups is 1. The average molecular weight is 295 g/mol. The van der Waals surface area contributed by atoms with Gasteiger partial charge < -0.3 is 9.64 Å². The van der Waals surface area contributed by atoms with Crippen LogP contribution in [0, 0.1) is 11.3 Å². The molecule has 1 aromatic carbocycles. The molecule has 0 atom stereocenters. The minimum absolute atomic E-state index is 0.641. The molecule has 0 aliphatic carbocycles. The zero-order valence-electron chi connectivity index (χ0n) is 12.4. The number of benzene rings is 1. The number of nitriles is 1. The number of amidine groups is 1. The Morgan fingerprint density at radius 1 is 1.32 bits per heavy atom. The summed E-state index contributed by atoms with van der Waals surface area (Å²) in [5, 5.41) is 15.9. The highest BCUT2D eigenvalue weighted by Crippen LogP contribution is 2.28. The van der Waals surface area contributed by atoms with Gasteiger partial charge in [-0.2, -0.15) is 10.4 Å². The van der Waals surface area contributed by atoms with Gasteiger partial charge in [-0.05, 0) is 24.6 Å². The first-order chi connectivity index (χ1) is 10.8. The summed E-state index contributed by atoms with van der Waals surface area (Å²) in [6.45, 7) is 5.18. The fraction of sp³-hybridized carbons (Fsp3) is 0.312. The van der Waals surface area contributed by atoms with E-state index >= 15 is 0 Å². The number of morpholine rings is 1. The quantitative estimate of drug-likeness (QED) is 0.681. The molecule has 1 fully saturated rings. The summed E-state index contributed by atoms with van der Waals surface area (Å²) < 4.78 is 5.36. The number of nitrogens with zero attached hydrogens (tertiary/aromatic N) is 4. The fourth-order valence-electron chi connectivity index (χ4n) is 2.42. The number of aromatic amines is 1. The molecular formula is C16H17N5O. The summed E-state index contributed by atoms with van der Waals surface area (Å²) in [6, 6.07) is 9.53. The first kappa shape index (κ1) is 14.3. The van der Waals surface area contributed by atoms with Crippen LogP contribution in [-0.4, -0.2) is 47.2 Å². The predicted molar refractivity (Wildman–Crippen MR) is 83.9 cm³/mol. The fourth-order valence-corrected chi connectivity index (χ4v) is 2.42. The second kappa shape index (κ2) is 6.41. The predicted octanol–water partition coefficient (Wildman–Crippen LogP) is 2.33. The Kier molecular flexibility index (Phi) is 4.17. The lowest BCUT2D eigenvalue weighted by molar-refractivity contribution is 0.0678. The first-order valence-electron chi connectivity index (χ1n) is 7.20. The summed E-state index contributed by atoms with van der Waals surface area (Å²) in [7, 11) is 0. The van der Waals surface area contributed by atoms with Crippen LogP contribution in [0.25, 0.3) is 11.1 Å².